The Labute approximate surface area is 164 Å². The molecule has 0 spiro atoms. The lowest BCUT2D eigenvalue weighted by atomic mass is 9.96. The van der Waals surface area contributed by atoms with Crippen LogP contribution in [-0.4, -0.2) is 55.2 Å². The number of likely N-dealkylation sites (tertiary alicyclic amines) is 1. The highest BCUT2D eigenvalue weighted by Gasteiger charge is 2.27. The number of hydrogen-bond donors (Lipinski definition) is 3. The summed E-state index contributed by atoms with van der Waals surface area (Å²) in [7, 11) is 0. The topological polar surface area (TPSA) is 73.0 Å². The van der Waals surface area contributed by atoms with Gasteiger partial charge < -0.3 is 25.1 Å². The lowest BCUT2D eigenvalue weighted by Gasteiger charge is -2.32. The molecule has 1 atom stereocenters. The summed E-state index contributed by atoms with van der Waals surface area (Å²) in [5, 5.41) is 17.6. The first-order valence-electron chi connectivity index (χ1n) is 10.4. The molecule has 1 unspecified atom stereocenters. The molecule has 6 nitrogen and oxygen atoms in total. The maximum Gasteiger partial charge on any atom is 0.191 e. The normalized spacial score (nSPS) is 19.1. The summed E-state index contributed by atoms with van der Waals surface area (Å²) >= 11 is 0. The van der Waals surface area contributed by atoms with Gasteiger partial charge in [0.05, 0.1) is 6.54 Å². The van der Waals surface area contributed by atoms with Crippen LogP contribution in [-0.2, 0) is 5.60 Å². The number of piperidine rings is 1. The van der Waals surface area contributed by atoms with Crippen molar-refractivity contribution in [1.29, 1.82) is 0 Å². The van der Waals surface area contributed by atoms with Gasteiger partial charge in [0.15, 0.2) is 5.96 Å². The molecule has 1 fully saturated rings. The van der Waals surface area contributed by atoms with Crippen LogP contribution in [0.5, 0.6) is 0 Å². The van der Waals surface area contributed by atoms with E-state index in [4.69, 9.17) is 4.42 Å². The second-order valence-corrected chi connectivity index (χ2v) is 7.96. The van der Waals surface area contributed by atoms with E-state index in [9.17, 15) is 5.11 Å². The SMILES string of the molecule is CCCN1CCC(CNC(=NCC(C)(O)c2cc(C)oc2C)NCC)CC1. The summed E-state index contributed by atoms with van der Waals surface area (Å²) in [5.74, 6) is 3.02. The van der Waals surface area contributed by atoms with Gasteiger partial charge in [-0.25, -0.2) is 4.99 Å². The minimum absolute atomic E-state index is 0.289. The molecule has 0 aromatic carbocycles. The zero-order chi connectivity index (χ0) is 19.9. The Bertz CT molecular complexity index is 601. The standard InChI is InChI=1S/C21H38N4O2/c1-6-10-25-11-8-18(9-12-25)14-23-20(22-7-2)24-15-21(5,26)19-13-16(3)27-17(19)4/h13,18,26H,6-12,14-15H2,1-5H3,(H2,22,23,24). The first-order valence-corrected chi connectivity index (χ1v) is 10.4. The predicted molar refractivity (Wildman–Crippen MR) is 111 cm³/mol. The van der Waals surface area contributed by atoms with Gasteiger partial charge in [0, 0.05) is 18.7 Å². The number of nitrogens with one attached hydrogen (secondary N) is 2. The molecule has 0 aliphatic carbocycles. The molecule has 0 bridgehead atoms. The number of hydrogen-bond acceptors (Lipinski definition) is 4. The van der Waals surface area contributed by atoms with Crippen molar-refractivity contribution in [3.63, 3.8) is 0 Å². The third-order valence-electron chi connectivity index (χ3n) is 5.32. The van der Waals surface area contributed by atoms with E-state index < -0.39 is 5.60 Å². The molecule has 1 aliphatic heterocycles. The van der Waals surface area contributed by atoms with Crippen LogP contribution in [0.4, 0.5) is 0 Å². The van der Waals surface area contributed by atoms with E-state index in [0.29, 0.717) is 5.92 Å². The molecule has 6 heteroatoms. The minimum Gasteiger partial charge on any atom is -0.466 e. The highest BCUT2D eigenvalue weighted by Crippen LogP contribution is 2.27. The van der Waals surface area contributed by atoms with Crippen molar-refractivity contribution in [2.45, 2.75) is 59.5 Å². The summed E-state index contributed by atoms with van der Waals surface area (Å²) in [5.41, 5.74) is -0.238. The van der Waals surface area contributed by atoms with E-state index in [1.165, 1.54) is 38.9 Å². The Morgan fingerprint density at radius 1 is 1.30 bits per heavy atom. The third-order valence-corrected chi connectivity index (χ3v) is 5.32. The van der Waals surface area contributed by atoms with Gasteiger partial charge in [-0.3, -0.25) is 0 Å². The Hall–Kier alpha value is -1.53. The molecule has 1 aromatic rings. The van der Waals surface area contributed by atoms with Gasteiger partial charge in [0.2, 0.25) is 0 Å². The van der Waals surface area contributed by atoms with Gasteiger partial charge in [0.25, 0.3) is 0 Å². The first kappa shape index (κ1) is 21.8. The van der Waals surface area contributed by atoms with Crippen LogP contribution in [0.1, 0.15) is 57.1 Å². The first-order chi connectivity index (χ1) is 12.9. The lowest BCUT2D eigenvalue weighted by Crippen LogP contribution is -2.43. The summed E-state index contributed by atoms with van der Waals surface area (Å²) in [6, 6.07) is 1.90. The van der Waals surface area contributed by atoms with Crippen molar-refractivity contribution in [3.05, 3.63) is 23.2 Å². The monoisotopic (exact) mass is 378 g/mol. The highest BCUT2D eigenvalue weighted by molar-refractivity contribution is 5.79. The maximum absolute atomic E-state index is 10.9. The molecule has 1 saturated heterocycles. The molecular formula is C21H38N4O2. The van der Waals surface area contributed by atoms with Crippen LogP contribution >= 0.6 is 0 Å². The van der Waals surface area contributed by atoms with E-state index in [2.05, 4.69) is 34.4 Å². The van der Waals surface area contributed by atoms with Crippen molar-refractivity contribution in [1.82, 2.24) is 15.5 Å². The quantitative estimate of drug-likeness (QED) is 0.479. The Morgan fingerprint density at radius 3 is 2.56 bits per heavy atom. The fraction of sp³-hybridized carbons (Fsp3) is 0.762. The van der Waals surface area contributed by atoms with Gasteiger partial charge in [-0.1, -0.05) is 6.92 Å². The van der Waals surface area contributed by atoms with Crippen molar-refractivity contribution in [2.24, 2.45) is 10.9 Å². The Morgan fingerprint density at radius 2 is 2.00 bits per heavy atom. The molecule has 154 valence electrons. The maximum atomic E-state index is 10.9. The summed E-state index contributed by atoms with van der Waals surface area (Å²) < 4.78 is 5.56. The van der Waals surface area contributed by atoms with Crippen LogP contribution in [0, 0.1) is 19.8 Å². The molecule has 2 rings (SSSR count). The zero-order valence-electron chi connectivity index (χ0n) is 17.8. The van der Waals surface area contributed by atoms with Crippen molar-refractivity contribution < 1.29 is 9.52 Å². The molecule has 0 amide bonds. The van der Waals surface area contributed by atoms with E-state index in [0.717, 1.165) is 36.1 Å². The number of guanidine groups is 1. The van der Waals surface area contributed by atoms with Crippen LogP contribution < -0.4 is 10.6 Å². The zero-order valence-corrected chi connectivity index (χ0v) is 17.8. The second kappa shape index (κ2) is 10.1. The summed E-state index contributed by atoms with van der Waals surface area (Å²) in [4.78, 5) is 7.19. The third kappa shape index (κ3) is 6.54. The molecule has 27 heavy (non-hydrogen) atoms. The number of nitrogens with zero attached hydrogens (tertiary/aromatic N) is 2. The van der Waals surface area contributed by atoms with E-state index >= 15 is 0 Å². The summed E-state index contributed by atoms with van der Waals surface area (Å²) in [6.45, 7) is 15.5. The summed E-state index contributed by atoms with van der Waals surface area (Å²) in [6.07, 6.45) is 3.70. The number of aliphatic imine (C=N–C) groups is 1. The predicted octanol–water partition coefficient (Wildman–Crippen LogP) is 2.78. The van der Waals surface area contributed by atoms with Crippen molar-refractivity contribution in [2.75, 3.05) is 39.3 Å². The fourth-order valence-corrected chi connectivity index (χ4v) is 3.80. The smallest absolute Gasteiger partial charge is 0.191 e. The van der Waals surface area contributed by atoms with Crippen molar-refractivity contribution >= 4 is 5.96 Å². The van der Waals surface area contributed by atoms with Gasteiger partial charge in [-0.2, -0.15) is 0 Å². The minimum atomic E-state index is -1.05. The average Bonchev–Trinajstić information content (AvgIpc) is 2.98. The molecule has 1 aliphatic rings. The molecule has 2 heterocycles. The van der Waals surface area contributed by atoms with Gasteiger partial charge in [-0.05, 0) is 78.6 Å². The van der Waals surface area contributed by atoms with Gasteiger partial charge >= 0.3 is 0 Å². The number of aliphatic hydroxyl groups is 1. The largest absolute Gasteiger partial charge is 0.466 e. The number of aryl methyl sites for hydroxylation is 2. The molecule has 0 radical (unpaired) electrons. The van der Waals surface area contributed by atoms with Crippen LogP contribution in [0.25, 0.3) is 0 Å². The van der Waals surface area contributed by atoms with Crippen LogP contribution in [0.2, 0.25) is 0 Å². The van der Waals surface area contributed by atoms with Gasteiger partial charge in [-0.15, -0.1) is 0 Å². The van der Waals surface area contributed by atoms with E-state index in [1.807, 2.05) is 19.9 Å². The number of furan rings is 1. The van der Waals surface area contributed by atoms with Crippen molar-refractivity contribution in [3.8, 4) is 0 Å². The molecule has 3 N–H and O–H groups in total. The van der Waals surface area contributed by atoms with Crippen LogP contribution in [0.3, 0.4) is 0 Å². The lowest BCUT2D eigenvalue weighted by molar-refractivity contribution is 0.0657. The van der Waals surface area contributed by atoms with E-state index in [1.54, 1.807) is 6.92 Å². The van der Waals surface area contributed by atoms with Crippen LogP contribution in [0.15, 0.2) is 15.5 Å². The molecule has 1 aromatic heterocycles. The average molecular weight is 379 g/mol. The Kier molecular flexibility index (Phi) is 8.17. The second-order valence-electron chi connectivity index (χ2n) is 7.96. The molecule has 0 saturated carbocycles. The Balaban J connectivity index is 1.89. The molecular weight excluding hydrogens is 340 g/mol. The van der Waals surface area contributed by atoms with E-state index in [-0.39, 0.29) is 6.54 Å². The number of rotatable bonds is 8. The fourth-order valence-electron chi connectivity index (χ4n) is 3.80. The van der Waals surface area contributed by atoms with Gasteiger partial charge in [0.1, 0.15) is 17.1 Å². The highest BCUT2D eigenvalue weighted by atomic mass is 16.3.